The Morgan fingerprint density at radius 3 is 2.38 bits per heavy atom. The molecule has 116 valence electrons. The highest BCUT2D eigenvalue weighted by Crippen LogP contribution is 2.14. The van der Waals surface area contributed by atoms with Crippen LogP contribution in [-0.4, -0.2) is 66.6 Å². The summed E-state index contributed by atoms with van der Waals surface area (Å²) in [7, 11) is 0. The van der Waals surface area contributed by atoms with Gasteiger partial charge in [-0.3, -0.25) is 9.69 Å². The molecule has 0 spiro atoms. The maximum Gasteiger partial charge on any atom is 0.164 e. The van der Waals surface area contributed by atoms with Crippen molar-refractivity contribution < 1.29 is 9.90 Å². The highest BCUT2D eigenvalue weighted by atomic mass is 16.3. The Hall–Kier alpha value is -1.43. The summed E-state index contributed by atoms with van der Waals surface area (Å²) in [5, 5.41) is 8.92. The molecule has 5 heteroatoms. The molecule has 1 aliphatic rings. The number of carbonyl (C=O) groups excluding carboxylic acids is 1. The van der Waals surface area contributed by atoms with Crippen molar-refractivity contribution >= 4 is 11.5 Å². The fraction of sp³-hybridized carbons (Fsp3) is 0.562. The topological polar surface area (TPSA) is 69.8 Å². The van der Waals surface area contributed by atoms with Gasteiger partial charge in [-0.1, -0.05) is 12.1 Å². The number of aryl methyl sites for hydroxylation is 1. The van der Waals surface area contributed by atoms with E-state index in [-0.39, 0.29) is 12.4 Å². The number of rotatable bonds is 6. The average molecular weight is 291 g/mol. The Kier molecular flexibility index (Phi) is 5.73. The fourth-order valence-electron chi connectivity index (χ4n) is 2.60. The summed E-state index contributed by atoms with van der Waals surface area (Å²) in [5.41, 5.74) is 8.24. The second-order valence-corrected chi connectivity index (χ2v) is 5.65. The minimum Gasteiger partial charge on any atom is -0.398 e. The predicted molar refractivity (Wildman–Crippen MR) is 84.5 cm³/mol. The minimum absolute atomic E-state index is 0.152. The maximum atomic E-state index is 12.2. The van der Waals surface area contributed by atoms with Crippen LogP contribution < -0.4 is 5.73 Å². The molecule has 1 aromatic carbocycles. The lowest BCUT2D eigenvalue weighted by Gasteiger charge is -2.34. The van der Waals surface area contributed by atoms with Gasteiger partial charge in [0.25, 0.3) is 0 Å². The average Bonchev–Trinajstić information content (AvgIpc) is 2.49. The first-order valence-electron chi connectivity index (χ1n) is 7.55. The van der Waals surface area contributed by atoms with Gasteiger partial charge in [0, 0.05) is 56.9 Å². The van der Waals surface area contributed by atoms with Gasteiger partial charge in [0.2, 0.25) is 0 Å². The van der Waals surface area contributed by atoms with Crippen molar-refractivity contribution in [3.63, 3.8) is 0 Å². The van der Waals surface area contributed by atoms with Crippen molar-refractivity contribution in [1.82, 2.24) is 9.80 Å². The van der Waals surface area contributed by atoms with Crippen LogP contribution in [0.2, 0.25) is 0 Å². The van der Waals surface area contributed by atoms with E-state index in [2.05, 4.69) is 9.80 Å². The maximum absolute atomic E-state index is 12.2. The summed E-state index contributed by atoms with van der Waals surface area (Å²) >= 11 is 0. The molecule has 0 aliphatic carbocycles. The number of hydrogen-bond acceptors (Lipinski definition) is 5. The molecule has 1 aromatic rings. The first-order chi connectivity index (χ1) is 10.1. The molecule has 3 N–H and O–H groups in total. The molecule has 0 radical (unpaired) electrons. The number of hydrogen-bond donors (Lipinski definition) is 2. The summed E-state index contributed by atoms with van der Waals surface area (Å²) in [5.74, 6) is 0.152. The lowest BCUT2D eigenvalue weighted by atomic mass is 10.0. The molecule has 21 heavy (non-hydrogen) atoms. The zero-order valence-electron chi connectivity index (χ0n) is 12.7. The number of nitrogens with two attached hydrogens (primary N) is 1. The number of piperazine rings is 1. The number of nitrogen functional groups attached to an aromatic ring is 1. The molecule has 0 unspecified atom stereocenters. The largest absolute Gasteiger partial charge is 0.398 e. The van der Waals surface area contributed by atoms with Crippen LogP contribution in [0.5, 0.6) is 0 Å². The molecule has 0 aromatic heterocycles. The van der Waals surface area contributed by atoms with Crippen LogP contribution in [0.15, 0.2) is 18.2 Å². The standard InChI is InChI=1S/C16H25N3O2/c1-13-2-3-14(12-15(13)17)16(21)4-5-18-6-8-19(9-7-18)10-11-20/h2-3,12,20H,4-11,17H2,1H3. The van der Waals surface area contributed by atoms with Crippen molar-refractivity contribution in [2.75, 3.05) is 51.6 Å². The molecule has 1 heterocycles. The molecule has 1 saturated heterocycles. The monoisotopic (exact) mass is 291 g/mol. The normalized spacial score (nSPS) is 17.0. The number of anilines is 1. The van der Waals surface area contributed by atoms with E-state index in [1.54, 1.807) is 6.07 Å². The summed E-state index contributed by atoms with van der Waals surface area (Å²) in [4.78, 5) is 16.7. The van der Waals surface area contributed by atoms with Crippen LogP contribution >= 0.6 is 0 Å². The van der Waals surface area contributed by atoms with Crippen molar-refractivity contribution in [3.05, 3.63) is 29.3 Å². The fourth-order valence-corrected chi connectivity index (χ4v) is 2.60. The van der Waals surface area contributed by atoms with E-state index in [4.69, 9.17) is 10.8 Å². The van der Waals surface area contributed by atoms with Gasteiger partial charge in [0.15, 0.2) is 5.78 Å². The Morgan fingerprint density at radius 2 is 1.81 bits per heavy atom. The van der Waals surface area contributed by atoms with E-state index in [0.29, 0.717) is 17.7 Å². The molecule has 0 bridgehead atoms. The van der Waals surface area contributed by atoms with E-state index < -0.39 is 0 Å². The molecule has 0 atom stereocenters. The molecule has 1 aliphatic heterocycles. The minimum atomic E-state index is 0.152. The number of Topliss-reactive ketones (excluding diaryl/α,β-unsaturated/α-hetero) is 1. The van der Waals surface area contributed by atoms with E-state index >= 15 is 0 Å². The number of ketones is 1. The third-order valence-corrected chi connectivity index (χ3v) is 4.14. The van der Waals surface area contributed by atoms with Gasteiger partial charge >= 0.3 is 0 Å². The van der Waals surface area contributed by atoms with Gasteiger partial charge in [0.1, 0.15) is 0 Å². The summed E-state index contributed by atoms with van der Waals surface area (Å²) in [6, 6.07) is 5.53. The predicted octanol–water partition coefficient (Wildman–Crippen LogP) is 0.760. The molecule has 0 saturated carbocycles. The van der Waals surface area contributed by atoms with Crippen LogP contribution in [0.4, 0.5) is 5.69 Å². The molecule has 0 amide bonds. The quantitative estimate of drug-likeness (QED) is 0.598. The van der Waals surface area contributed by atoms with E-state index in [9.17, 15) is 4.79 Å². The van der Waals surface area contributed by atoms with Gasteiger partial charge in [0.05, 0.1) is 6.61 Å². The second-order valence-electron chi connectivity index (χ2n) is 5.65. The number of aliphatic hydroxyl groups excluding tert-OH is 1. The smallest absolute Gasteiger partial charge is 0.164 e. The lowest BCUT2D eigenvalue weighted by Crippen LogP contribution is -2.47. The number of aliphatic hydroxyl groups is 1. The summed E-state index contributed by atoms with van der Waals surface area (Å²) in [6.07, 6.45) is 0.530. The first-order valence-corrected chi connectivity index (χ1v) is 7.55. The number of nitrogens with zero attached hydrogens (tertiary/aromatic N) is 2. The lowest BCUT2D eigenvalue weighted by molar-refractivity contribution is 0.0907. The van der Waals surface area contributed by atoms with Crippen molar-refractivity contribution in [3.8, 4) is 0 Å². The van der Waals surface area contributed by atoms with Crippen molar-refractivity contribution in [2.45, 2.75) is 13.3 Å². The molecule has 2 rings (SSSR count). The van der Waals surface area contributed by atoms with Gasteiger partial charge < -0.3 is 15.7 Å². The Morgan fingerprint density at radius 1 is 1.19 bits per heavy atom. The van der Waals surface area contributed by atoms with Crippen molar-refractivity contribution in [2.24, 2.45) is 0 Å². The molecule has 1 fully saturated rings. The van der Waals surface area contributed by atoms with Gasteiger partial charge in [-0.05, 0) is 18.6 Å². The summed E-state index contributed by atoms with van der Waals surface area (Å²) in [6.45, 7) is 7.54. The highest BCUT2D eigenvalue weighted by Gasteiger charge is 2.17. The highest BCUT2D eigenvalue weighted by molar-refractivity contribution is 5.97. The Labute approximate surface area is 126 Å². The van der Waals surface area contributed by atoms with Gasteiger partial charge in [-0.25, -0.2) is 0 Å². The third kappa shape index (κ3) is 4.52. The van der Waals surface area contributed by atoms with E-state index in [1.807, 2.05) is 19.1 Å². The summed E-state index contributed by atoms with van der Waals surface area (Å²) < 4.78 is 0. The van der Waals surface area contributed by atoms with E-state index in [0.717, 1.165) is 44.8 Å². The van der Waals surface area contributed by atoms with E-state index in [1.165, 1.54) is 0 Å². The molecular weight excluding hydrogens is 266 g/mol. The zero-order valence-corrected chi connectivity index (χ0v) is 12.7. The van der Waals surface area contributed by atoms with Crippen LogP contribution in [0, 0.1) is 6.92 Å². The van der Waals surface area contributed by atoms with Gasteiger partial charge in [-0.15, -0.1) is 0 Å². The van der Waals surface area contributed by atoms with Crippen LogP contribution in [0.25, 0.3) is 0 Å². The number of benzene rings is 1. The number of β-amino-alcohol motifs (C(OH)–C–C–N with tert-alkyl or cyclic N) is 1. The van der Waals surface area contributed by atoms with Crippen LogP contribution in [-0.2, 0) is 0 Å². The first kappa shape index (κ1) is 15.9. The Bertz CT molecular complexity index is 482. The third-order valence-electron chi connectivity index (χ3n) is 4.14. The number of carbonyl (C=O) groups is 1. The Balaban J connectivity index is 1.78. The second kappa shape index (κ2) is 7.54. The van der Waals surface area contributed by atoms with Crippen LogP contribution in [0.1, 0.15) is 22.3 Å². The van der Waals surface area contributed by atoms with Crippen LogP contribution in [0.3, 0.4) is 0 Å². The zero-order chi connectivity index (χ0) is 15.2. The van der Waals surface area contributed by atoms with Gasteiger partial charge in [-0.2, -0.15) is 0 Å². The molecular formula is C16H25N3O2. The SMILES string of the molecule is Cc1ccc(C(=O)CCN2CCN(CCO)CC2)cc1N. The van der Waals surface area contributed by atoms with Crippen molar-refractivity contribution in [1.29, 1.82) is 0 Å². The molecule has 5 nitrogen and oxygen atoms in total.